The molecule has 0 saturated carbocycles. The van der Waals surface area contributed by atoms with E-state index in [9.17, 15) is 4.79 Å². The van der Waals surface area contributed by atoms with E-state index >= 15 is 0 Å². The van der Waals surface area contributed by atoms with Gasteiger partial charge >= 0.3 is 0 Å². The minimum Gasteiger partial charge on any atom is -0.468 e. The Morgan fingerprint density at radius 3 is 2.67 bits per heavy atom. The standard InChI is InChI=1S/C21H34N4O2/c1-22-12-9-21(8-5-20(22)26)17-25(14-13-23(21)2)18-6-10-24(11-7-18)16-19-4-3-15-27-19/h3-4,15,18H,5-14,16-17H2,1-2H3/t21-/m1/s1. The van der Waals surface area contributed by atoms with Gasteiger partial charge < -0.3 is 9.32 Å². The van der Waals surface area contributed by atoms with Gasteiger partial charge in [0.05, 0.1) is 12.8 Å². The quantitative estimate of drug-likeness (QED) is 0.808. The zero-order valence-electron chi connectivity index (χ0n) is 16.9. The molecule has 1 amide bonds. The van der Waals surface area contributed by atoms with Gasteiger partial charge in [-0.05, 0) is 44.9 Å². The van der Waals surface area contributed by atoms with Crippen molar-refractivity contribution >= 4 is 5.91 Å². The van der Waals surface area contributed by atoms with Gasteiger partial charge in [-0.3, -0.25) is 19.5 Å². The van der Waals surface area contributed by atoms with Crippen molar-refractivity contribution in [2.24, 2.45) is 0 Å². The molecule has 3 saturated heterocycles. The van der Waals surface area contributed by atoms with Gasteiger partial charge in [-0.2, -0.15) is 0 Å². The first-order valence-electron chi connectivity index (χ1n) is 10.5. The number of amides is 1. The molecule has 0 radical (unpaired) electrons. The van der Waals surface area contributed by atoms with Crippen LogP contribution in [0.4, 0.5) is 0 Å². The molecule has 3 aliphatic rings. The maximum absolute atomic E-state index is 12.2. The third-order valence-corrected chi connectivity index (χ3v) is 7.21. The summed E-state index contributed by atoms with van der Waals surface area (Å²) in [4.78, 5) is 21.9. The largest absolute Gasteiger partial charge is 0.468 e. The van der Waals surface area contributed by atoms with Crippen LogP contribution in [0.2, 0.25) is 0 Å². The fourth-order valence-corrected chi connectivity index (χ4v) is 5.17. The minimum absolute atomic E-state index is 0.171. The summed E-state index contributed by atoms with van der Waals surface area (Å²) in [6.45, 7) is 7.50. The van der Waals surface area contributed by atoms with Crippen LogP contribution in [0.5, 0.6) is 0 Å². The number of carbonyl (C=O) groups is 1. The monoisotopic (exact) mass is 374 g/mol. The Kier molecular flexibility index (Phi) is 5.58. The van der Waals surface area contributed by atoms with E-state index in [0.717, 1.165) is 64.4 Å². The van der Waals surface area contributed by atoms with E-state index in [-0.39, 0.29) is 5.54 Å². The van der Waals surface area contributed by atoms with Crippen LogP contribution in [-0.2, 0) is 11.3 Å². The number of nitrogens with zero attached hydrogens (tertiary/aromatic N) is 4. The van der Waals surface area contributed by atoms with Crippen LogP contribution in [0.3, 0.4) is 0 Å². The third-order valence-electron chi connectivity index (χ3n) is 7.21. The molecule has 27 heavy (non-hydrogen) atoms. The van der Waals surface area contributed by atoms with Crippen LogP contribution in [0.25, 0.3) is 0 Å². The highest BCUT2D eigenvalue weighted by Crippen LogP contribution is 2.34. The van der Waals surface area contributed by atoms with Gasteiger partial charge in [0.25, 0.3) is 0 Å². The molecule has 1 aromatic rings. The SMILES string of the molecule is CN1CC[C@]2(CCC1=O)CN(C1CCN(Cc3ccco3)CC1)CCN2C. The molecule has 3 aliphatic heterocycles. The lowest BCUT2D eigenvalue weighted by molar-refractivity contribution is -0.129. The van der Waals surface area contributed by atoms with E-state index < -0.39 is 0 Å². The van der Waals surface area contributed by atoms with E-state index in [0.29, 0.717) is 18.4 Å². The second-order valence-corrected chi connectivity index (χ2v) is 8.77. The zero-order chi connectivity index (χ0) is 18.9. The number of hydrogen-bond acceptors (Lipinski definition) is 5. The summed E-state index contributed by atoms with van der Waals surface area (Å²) in [7, 11) is 4.22. The Balaban J connectivity index is 1.35. The highest BCUT2D eigenvalue weighted by atomic mass is 16.3. The fraction of sp³-hybridized carbons (Fsp3) is 0.762. The van der Waals surface area contributed by atoms with Gasteiger partial charge in [0.2, 0.25) is 5.91 Å². The van der Waals surface area contributed by atoms with Gasteiger partial charge in [0.1, 0.15) is 5.76 Å². The number of piperazine rings is 1. The molecule has 1 aromatic heterocycles. The minimum atomic E-state index is 0.171. The average molecular weight is 375 g/mol. The van der Waals surface area contributed by atoms with Crippen molar-refractivity contribution in [3.8, 4) is 0 Å². The maximum Gasteiger partial charge on any atom is 0.222 e. The molecule has 4 heterocycles. The predicted octanol–water partition coefficient (Wildman–Crippen LogP) is 1.87. The Hall–Kier alpha value is -1.37. The maximum atomic E-state index is 12.2. The summed E-state index contributed by atoms with van der Waals surface area (Å²) < 4.78 is 5.51. The average Bonchev–Trinajstić information content (AvgIpc) is 3.15. The van der Waals surface area contributed by atoms with Crippen molar-refractivity contribution in [3.63, 3.8) is 0 Å². The van der Waals surface area contributed by atoms with Gasteiger partial charge in [-0.15, -0.1) is 0 Å². The highest BCUT2D eigenvalue weighted by Gasteiger charge is 2.43. The van der Waals surface area contributed by atoms with Crippen LogP contribution in [0.15, 0.2) is 22.8 Å². The second kappa shape index (κ2) is 7.94. The van der Waals surface area contributed by atoms with Gasteiger partial charge in [-0.1, -0.05) is 0 Å². The smallest absolute Gasteiger partial charge is 0.222 e. The number of furan rings is 1. The summed E-state index contributed by atoms with van der Waals surface area (Å²) in [5.41, 5.74) is 0.171. The first-order valence-corrected chi connectivity index (χ1v) is 10.5. The van der Waals surface area contributed by atoms with E-state index in [1.807, 2.05) is 18.0 Å². The van der Waals surface area contributed by atoms with Crippen molar-refractivity contribution in [1.29, 1.82) is 0 Å². The molecule has 150 valence electrons. The lowest BCUT2D eigenvalue weighted by Gasteiger charge is -2.52. The summed E-state index contributed by atoms with van der Waals surface area (Å²) in [5, 5.41) is 0. The number of likely N-dealkylation sites (tertiary alicyclic amines) is 2. The first-order chi connectivity index (χ1) is 13.1. The van der Waals surface area contributed by atoms with Gasteiger partial charge in [-0.25, -0.2) is 0 Å². The Bertz CT molecular complexity index is 626. The van der Waals surface area contributed by atoms with Crippen LogP contribution >= 0.6 is 0 Å². The first kappa shape index (κ1) is 19.0. The predicted molar refractivity (Wildman–Crippen MR) is 105 cm³/mol. The molecule has 6 heteroatoms. The van der Waals surface area contributed by atoms with Crippen molar-refractivity contribution in [2.75, 3.05) is 53.4 Å². The number of likely N-dealkylation sites (N-methyl/N-ethyl adjacent to an activating group) is 1. The van der Waals surface area contributed by atoms with E-state index in [1.165, 1.54) is 12.8 Å². The third kappa shape index (κ3) is 4.08. The van der Waals surface area contributed by atoms with Crippen LogP contribution in [0.1, 0.15) is 37.9 Å². The summed E-state index contributed by atoms with van der Waals surface area (Å²) in [6, 6.07) is 4.72. The highest BCUT2D eigenvalue weighted by molar-refractivity contribution is 5.76. The zero-order valence-corrected chi connectivity index (χ0v) is 16.9. The van der Waals surface area contributed by atoms with Crippen molar-refractivity contribution in [3.05, 3.63) is 24.2 Å². The molecule has 1 atom stereocenters. The second-order valence-electron chi connectivity index (χ2n) is 8.77. The number of rotatable bonds is 3. The van der Waals surface area contributed by atoms with E-state index in [2.05, 4.69) is 27.8 Å². The van der Waals surface area contributed by atoms with Crippen molar-refractivity contribution in [2.45, 2.75) is 50.2 Å². The number of piperidine rings is 1. The molecule has 6 nitrogen and oxygen atoms in total. The summed E-state index contributed by atoms with van der Waals surface area (Å²) in [6.07, 6.45) is 7.02. The van der Waals surface area contributed by atoms with E-state index in [4.69, 9.17) is 4.42 Å². The molecule has 0 aromatic carbocycles. The molecule has 0 N–H and O–H groups in total. The van der Waals surface area contributed by atoms with E-state index in [1.54, 1.807) is 6.26 Å². The lowest BCUT2D eigenvalue weighted by atomic mass is 9.85. The number of hydrogen-bond donors (Lipinski definition) is 0. The number of carbonyl (C=O) groups excluding carboxylic acids is 1. The molecule has 0 bridgehead atoms. The van der Waals surface area contributed by atoms with Crippen LogP contribution < -0.4 is 0 Å². The van der Waals surface area contributed by atoms with Gasteiger partial charge in [0.15, 0.2) is 0 Å². The molecule has 1 spiro atoms. The van der Waals surface area contributed by atoms with Crippen molar-refractivity contribution in [1.82, 2.24) is 19.6 Å². The normalized spacial score (nSPS) is 30.1. The van der Waals surface area contributed by atoms with Gasteiger partial charge in [0, 0.05) is 64.3 Å². The Morgan fingerprint density at radius 1 is 1.11 bits per heavy atom. The van der Waals surface area contributed by atoms with Crippen LogP contribution in [-0.4, -0.2) is 90.5 Å². The molecular formula is C21H34N4O2. The Labute approximate surface area is 163 Å². The molecule has 0 unspecified atom stereocenters. The molecular weight excluding hydrogens is 340 g/mol. The molecule has 0 aliphatic carbocycles. The lowest BCUT2D eigenvalue weighted by Crippen LogP contribution is -2.63. The summed E-state index contributed by atoms with van der Waals surface area (Å²) in [5.74, 6) is 1.38. The topological polar surface area (TPSA) is 43.2 Å². The van der Waals surface area contributed by atoms with Crippen LogP contribution in [0, 0.1) is 0 Å². The molecule has 4 rings (SSSR count). The molecule has 3 fully saturated rings. The fourth-order valence-electron chi connectivity index (χ4n) is 5.17. The Morgan fingerprint density at radius 2 is 1.93 bits per heavy atom. The van der Waals surface area contributed by atoms with Crippen molar-refractivity contribution < 1.29 is 9.21 Å². The summed E-state index contributed by atoms with van der Waals surface area (Å²) >= 11 is 0.